The van der Waals surface area contributed by atoms with E-state index in [2.05, 4.69) is 25.8 Å². The smallest absolute Gasteiger partial charge is 0.162 e. The van der Waals surface area contributed by atoms with Crippen LogP contribution in [0.25, 0.3) is 0 Å². The fourth-order valence-corrected chi connectivity index (χ4v) is 0.657. The quantitative estimate of drug-likeness (QED) is 0.499. The second kappa shape index (κ2) is 6.41. The van der Waals surface area contributed by atoms with E-state index in [9.17, 15) is 0 Å². The summed E-state index contributed by atoms with van der Waals surface area (Å²) < 4.78 is 0. The van der Waals surface area contributed by atoms with Crippen molar-refractivity contribution in [1.29, 1.82) is 0 Å². The van der Waals surface area contributed by atoms with E-state index in [1.165, 1.54) is 0 Å². The van der Waals surface area contributed by atoms with Gasteiger partial charge in [0.15, 0.2) is 11.8 Å². The lowest BCUT2D eigenvalue weighted by Gasteiger charge is -2.02. The van der Waals surface area contributed by atoms with Gasteiger partial charge in [-0.3, -0.25) is 0 Å². The zero-order valence-electron chi connectivity index (χ0n) is 9.04. The van der Waals surface area contributed by atoms with Gasteiger partial charge in [0.2, 0.25) is 0 Å². The molecule has 0 unspecified atom stereocenters. The molecule has 0 atom stereocenters. The summed E-state index contributed by atoms with van der Waals surface area (Å²) in [6.07, 6.45) is 14.0. The first-order valence-corrected chi connectivity index (χ1v) is 4.62. The molecule has 1 nitrogen and oxygen atoms in total. The Morgan fingerprint density at radius 1 is 0.846 bits per heavy atom. The Hall–Kier alpha value is -1.11. The van der Waals surface area contributed by atoms with Gasteiger partial charge < -0.3 is 0 Å². The normalized spacial score (nSPS) is 14.5. The molecule has 1 heteroatoms. The molecule has 0 saturated carbocycles. The monoisotopic (exact) mass is 178 g/mol. The van der Waals surface area contributed by atoms with E-state index in [0.29, 0.717) is 0 Å². The lowest BCUT2D eigenvalue weighted by molar-refractivity contribution is -0.533. The van der Waals surface area contributed by atoms with Crippen molar-refractivity contribution in [1.82, 2.24) is 0 Å². The van der Waals surface area contributed by atoms with Gasteiger partial charge in [0, 0.05) is 6.08 Å². The van der Waals surface area contributed by atoms with Crippen LogP contribution in [0.3, 0.4) is 0 Å². The molecule has 0 amide bonds. The summed E-state index contributed by atoms with van der Waals surface area (Å²) in [4.78, 5) is 3.25. The minimum absolute atomic E-state index is 0.150. The number of hydrogen-bond donors (Lipinski definition) is 1. The Labute approximate surface area is 81.6 Å². The fraction of sp³-hybridized carbons (Fsp3) is 0.417. The molecule has 0 fully saturated rings. The predicted octanol–water partition coefficient (Wildman–Crippen LogP) is 1.62. The number of rotatable bonds is 3. The molecule has 0 heterocycles. The van der Waals surface area contributed by atoms with Crippen LogP contribution in [-0.4, -0.2) is 11.8 Å². The molecule has 0 aromatic carbocycles. The second-order valence-corrected chi connectivity index (χ2v) is 3.86. The highest BCUT2D eigenvalue weighted by Crippen LogP contribution is 1.85. The van der Waals surface area contributed by atoms with Gasteiger partial charge in [0.1, 0.15) is 0 Å². The summed E-state index contributed by atoms with van der Waals surface area (Å²) in [5.74, 6) is 0. The molecule has 0 rings (SSSR count). The number of hydrogen-bond acceptors (Lipinski definition) is 0. The molecule has 0 spiro atoms. The summed E-state index contributed by atoms with van der Waals surface area (Å²) >= 11 is 0. The summed E-state index contributed by atoms with van der Waals surface area (Å²) in [7, 11) is 0. The van der Waals surface area contributed by atoms with Crippen LogP contribution in [-0.2, 0) is 0 Å². The Morgan fingerprint density at radius 2 is 1.38 bits per heavy atom. The minimum atomic E-state index is 0.150. The van der Waals surface area contributed by atoms with Crippen molar-refractivity contribution in [3.05, 3.63) is 36.5 Å². The van der Waals surface area contributed by atoms with Gasteiger partial charge in [-0.2, -0.15) is 0 Å². The fourth-order valence-electron chi connectivity index (χ4n) is 0.657. The highest BCUT2D eigenvalue weighted by atomic mass is 14.8. The molecule has 0 bridgehead atoms. The maximum Gasteiger partial charge on any atom is 0.162 e. The van der Waals surface area contributed by atoms with E-state index < -0.39 is 0 Å². The van der Waals surface area contributed by atoms with Gasteiger partial charge in [-0.15, -0.1) is 0 Å². The van der Waals surface area contributed by atoms with Gasteiger partial charge in [-0.25, -0.2) is 4.99 Å². The van der Waals surface area contributed by atoms with Gasteiger partial charge in [0.05, 0.1) is 0 Å². The Kier molecular flexibility index (Phi) is 5.86. The first-order chi connectivity index (χ1) is 6.06. The molecule has 0 aliphatic heterocycles. The van der Waals surface area contributed by atoms with Gasteiger partial charge in [0.25, 0.3) is 0 Å². The zero-order valence-corrected chi connectivity index (χ0v) is 9.04. The second-order valence-electron chi connectivity index (χ2n) is 3.86. The Morgan fingerprint density at radius 3 is 1.92 bits per heavy atom. The van der Waals surface area contributed by atoms with Crippen LogP contribution in [0.5, 0.6) is 0 Å². The first kappa shape index (κ1) is 11.9. The SMILES string of the molecule is C/C=C/C=C/C=C/C=[NH+]C(C)(C)C. The van der Waals surface area contributed by atoms with E-state index in [1.54, 1.807) is 0 Å². The third-order valence-corrected chi connectivity index (χ3v) is 1.25. The Bertz CT molecular complexity index is 224. The number of nitrogens with one attached hydrogen (secondary N) is 1. The lowest BCUT2D eigenvalue weighted by Crippen LogP contribution is -2.81. The summed E-state index contributed by atoms with van der Waals surface area (Å²) in [6, 6.07) is 0. The van der Waals surface area contributed by atoms with Crippen molar-refractivity contribution in [3.63, 3.8) is 0 Å². The molecular formula is C12H20N+. The van der Waals surface area contributed by atoms with Crippen LogP contribution in [0.2, 0.25) is 0 Å². The van der Waals surface area contributed by atoms with Crippen LogP contribution in [0.15, 0.2) is 36.5 Å². The average molecular weight is 178 g/mol. The molecular weight excluding hydrogens is 158 g/mol. The van der Waals surface area contributed by atoms with E-state index in [0.717, 1.165) is 0 Å². The number of allylic oxidation sites excluding steroid dienone is 6. The predicted molar refractivity (Wildman–Crippen MR) is 59.9 cm³/mol. The van der Waals surface area contributed by atoms with E-state index in [1.807, 2.05) is 49.6 Å². The molecule has 0 aromatic heterocycles. The highest BCUT2D eigenvalue weighted by molar-refractivity contribution is 5.65. The molecule has 0 aromatic rings. The van der Waals surface area contributed by atoms with Gasteiger partial charge >= 0.3 is 0 Å². The molecule has 1 N–H and O–H groups in total. The molecule has 0 saturated heterocycles. The van der Waals surface area contributed by atoms with E-state index in [-0.39, 0.29) is 5.54 Å². The standard InChI is InChI=1S/C12H19N/c1-5-6-7-8-9-10-11-13-12(2,3)4/h5-11H,1-4H3/p+1/b6-5+,8-7+,10-9+,13-11?. The van der Waals surface area contributed by atoms with Crippen molar-refractivity contribution in [2.75, 3.05) is 0 Å². The van der Waals surface area contributed by atoms with Crippen LogP contribution in [0, 0.1) is 0 Å². The molecule has 72 valence electrons. The van der Waals surface area contributed by atoms with Crippen LogP contribution in [0.1, 0.15) is 27.7 Å². The average Bonchev–Trinajstić information content (AvgIpc) is 2.01. The molecule has 0 radical (unpaired) electrons. The van der Waals surface area contributed by atoms with Crippen LogP contribution < -0.4 is 4.99 Å². The maximum absolute atomic E-state index is 3.25. The topological polar surface area (TPSA) is 14.0 Å². The largest absolute Gasteiger partial charge is 0.244 e. The highest BCUT2D eigenvalue weighted by Gasteiger charge is 2.10. The lowest BCUT2D eigenvalue weighted by atomic mass is 10.1. The van der Waals surface area contributed by atoms with Crippen molar-refractivity contribution in [2.45, 2.75) is 33.2 Å². The third-order valence-electron chi connectivity index (χ3n) is 1.25. The van der Waals surface area contributed by atoms with Crippen molar-refractivity contribution < 1.29 is 4.99 Å². The molecule has 0 aliphatic rings. The van der Waals surface area contributed by atoms with Gasteiger partial charge in [-0.05, 0) is 27.7 Å². The van der Waals surface area contributed by atoms with E-state index >= 15 is 0 Å². The zero-order chi connectivity index (χ0) is 10.2. The van der Waals surface area contributed by atoms with Crippen molar-refractivity contribution in [2.24, 2.45) is 0 Å². The summed E-state index contributed by atoms with van der Waals surface area (Å²) in [5, 5.41) is 0. The summed E-state index contributed by atoms with van der Waals surface area (Å²) in [6.45, 7) is 8.40. The van der Waals surface area contributed by atoms with E-state index in [4.69, 9.17) is 0 Å². The maximum atomic E-state index is 3.25. The van der Waals surface area contributed by atoms with Gasteiger partial charge in [-0.1, -0.05) is 30.4 Å². The summed E-state index contributed by atoms with van der Waals surface area (Å²) in [5.41, 5.74) is 0.150. The van der Waals surface area contributed by atoms with Crippen LogP contribution in [0.4, 0.5) is 0 Å². The van der Waals surface area contributed by atoms with Crippen LogP contribution >= 0.6 is 0 Å². The first-order valence-electron chi connectivity index (χ1n) is 4.62. The molecule has 13 heavy (non-hydrogen) atoms. The minimum Gasteiger partial charge on any atom is -0.244 e. The third kappa shape index (κ3) is 10.9. The van der Waals surface area contributed by atoms with Crippen molar-refractivity contribution >= 4 is 6.21 Å². The Balaban J connectivity index is 3.82. The molecule has 0 aliphatic carbocycles. The van der Waals surface area contributed by atoms with Crippen molar-refractivity contribution in [3.8, 4) is 0 Å².